The lowest BCUT2D eigenvalue weighted by Gasteiger charge is -2.09. The van der Waals surface area contributed by atoms with Crippen molar-refractivity contribution >= 4 is 15.9 Å². The van der Waals surface area contributed by atoms with Gasteiger partial charge in [0.15, 0.2) is 0 Å². The van der Waals surface area contributed by atoms with Crippen molar-refractivity contribution < 1.29 is 0 Å². The average molecular weight is 309 g/mol. The van der Waals surface area contributed by atoms with E-state index < -0.39 is 0 Å². The molecule has 1 aliphatic heterocycles. The van der Waals surface area contributed by atoms with Crippen LogP contribution in [0.15, 0.2) is 27.6 Å². The number of pyridine rings is 1. The lowest BCUT2D eigenvalue weighted by molar-refractivity contribution is 0.511. The number of hydrogen-bond donors (Lipinski definition) is 0. The highest BCUT2D eigenvalue weighted by Crippen LogP contribution is 2.11. The second kappa shape index (κ2) is 4.68. The van der Waals surface area contributed by atoms with Crippen LogP contribution in [0.25, 0.3) is 0 Å². The van der Waals surface area contributed by atoms with Crippen molar-refractivity contribution in [3.63, 3.8) is 0 Å². The fourth-order valence-electron chi connectivity index (χ4n) is 2.20. The van der Waals surface area contributed by atoms with E-state index in [1.54, 1.807) is 10.8 Å². The molecule has 0 spiro atoms. The molecule has 2 aromatic heterocycles. The Balaban J connectivity index is 1.91. The van der Waals surface area contributed by atoms with E-state index in [2.05, 4.69) is 26.0 Å². The molecule has 0 atom stereocenters. The van der Waals surface area contributed by atoms with Crippen molar-refractivity contribution in [1.29, 1.82) is 0 Å². The summed E-state index contributed by atoms with van der Waals surface area (Å²) in [6.45, 7) is 1.23. The smallest absolute Gasteiger partial charge is 0.279 e. The maximum absolute atomic E-state index is 12.1. The topological polar surface area (TPSA) is 52.7 Å². The molecular weight excluding hydrogens is 296 g/mol. The van der Waals surface area contributed by atoms with Crippen molar-refractivity contribution in [2.24, 2.45) is 0 Å². The van der Waals surface area contributed by atoms with Crippen LogP contribution in [0.3, 0.4) is 0 Å². The number of aryl methyl sites for hydroxylation is 1. The summed E-state index contributed by atoms with van der Waals surface area (Å²) < 4.78 is 4.22. The van der Waals surface area contributed by atoms with Crippen LogP contribution < -0.4 is 5.69 Å². The molecule has 3 rings (SSSR count). The van der Waals surface area contributed by atoms with E-state index >= 15 is 0 Å². The van der Waals surface area contributed by atoms with Crippen LogP contribution in [-0.2, 0) is 19.5 Å². The molecule has 3 heterocycles. The Hall–Kier alpha value is -1.43. The monoisotopic (exact) mass is 308 g/mol. The van der Waals surface area contributed by atoms with Gasteiger partial charge >= 0.3 is 5.69 Å². The zero-order valence-electron chi connectivity index (χ0n) is 9.84. The zero-order valence-corrected chi connectivity index (χ0v) is 11.4. The SMILES string of the molecule is O=c1n(Cc2ccc(Br)cn2)nc2n1CCCC2. The quantitative estimate of drug-likeness (QED) is 0.846. The van der Waals surface area contributed by atoms with E-state index in [9.17, 15) is 4.79 Å². The second-order valence-electron chi connectivity index (χ2n) is 4.43. The molecule has 1 aliphatic rings. The summed E-state index contributed by atoms with van der Waals surface area (Å²) in [6.07, 6.45) is 4.81. The van der Waals surface area contributed by atoms with Crippen molar-refractivity contribution in [1.82, 2.24) is 19.3 Å². The Morgan fingerprint density at radius 2 is 2.22 bits per heavy atom. The minimum atomic E-state index is -0.0191. The molecule has 0 aromatic carbocycles. The standard InChI is InChI=1S/C12H13BrN4O/c13-9-4-5-10(14-7-9)8-17-12(18)16-6-2-1-3-11(16)15-17/h4-5,7H,1-3,6,8H2. The summed E-state index contributed by atoms with van der Waals surface area (Å²) in [6, 6.07) is 3.82. The van der Waals surface area contributed by atoms with Crippen LogP contribution in [0.2, 0.25) is 0 Å². The maximum Gasteiger partial charge on any atom is 0.346 e. The van der Waals surface area contributed by atoms with Crippen LogP contribution in [0.4, 0.5) is 0 Å². The lowest BCUT2D eigenvalue weighted by Crippen LogP contribution is -2.27. The van der Waals surface area contributed by atoms with Gasteiger partial charge in [-0.25, -0.2) is 9.48 Å². The summed E-state index contributed by atoms with van der Waals surface area (Å²) in [5, 5.41) is 4.38. The first-order valence-electron chi connectivity index (χ1n) is 6.01. The molecule has 0 unspecified atom stereocenters. The number of hydrogen-bond acceptors (Lipinski definition) is 3. The number of nitrogens with zero attached hydrogens (tertiary/aromatic N) is 4. The predicted octanol–water partition coefficient (Wildman–Crippen LogP) is 1.59. The van der Waals surface area contributed by atoms with Crippen molar-refractivity contribution in [3.05, 3.63) is 44.8 Å². The molecule has 0 radical (unpaired) electrons. The van der Waals surface area contributed by atoms with Crippen LogP contribution in [0.1, 0.15) is 24.4 Å². The first kappa shape index (κ1) is 11.6. The summed E-state index contributed by atoms with van der Waals surface area (Å²) in [5.74, 6) is 0.906. The summed E-state index contributed by atoms with van der Waals surface area (Å²) in [5.41, 5.74) is 0.824. The van der Waals surface area contributed by atoms with Crippen LogP contribution >= 0.6 is 15.9 Å². The first-order valence-corrected chi connectivity index (χ1v) is 6.80. The van der Waals surface area contributed by atoms with Crippen molar-refractivity contribution in [2.75, 3.05) is 0 Å². The Labute approximate surface area is 113 Å². The van der Waals surface area contributed by atoms with Gasteiger partial charge in [-0.2, -0.15) is 5.10 Å². The second-order valence-corrected chi connectivity index (χ2v) is 5.35. The molecule has 0 aliphatic carbocycles. The van der Waals surface area contributed by atoms with Gasteiger partial charge in [-0.15, -0.1) is 0 Å². The fraction of sp³-hybridized carbons (Fsp3) is 0.417. The van der Waals surface area contributed by atoms with E-state index in [1.807, 2.05) is 12.1 Å². The zero-order chi connectivity index (χ0) is 12.5. The first-order chi connectivity index (χ1) is 8.74. The third kappa shape index (κ3) is 2.12. The molecule has 5 nitrogen and oxygen atoms in total. The Bertz CT molecular complexity index is 614. The third-order valence-corrected chi connectivity index (χ3v) is 3.60. The van der Waals surface area contributed by atoms with Crippen LogP contribution in [0.5, 0.6) is 0 Å². The Kier molecular flexibility index (Phi) is 3.03. The van der Waals surface area contributed by atoms with E-state index in [0.717, 1.165) is 41.8 Å². The highest BCUT2D eigenvalue weighted by Gasteiger charge is 2.16. The third-order valence-electron chi connectivity index (χ3n) is 3.13. The minimum Gasteiger partial charge on any atom is -0.279 e. The van der Waals surface area contributed by atoms with Gasteiger partial charge in [-0.05, 0) is 40.9 Å². The van der Waals surface area contributed by atoms with Gasteiger partial charge in [0.2, 0.25) is 0 Å². The van der Waals surface area contributed by atoms with E-state index in [-0.39, 0.29) is 5.69 Å². The summed E-state index contributed by atoms with van der Waals surface area (Å²) in [7, 11) is 0. The molecular formula is C12H13BrN4O. The largest absolute Gasteiger partial charge is 0.346 e. The summed E-state index contributed by atoms with van der Waals surface area (Å²) >= 11 is 3.34. The van der Waals surface area contributed by atoms with Crippen molar-refractivity contribution in [2.45, 2.75) is 32.4 Å². The Morgan fingerprint density at radius 1 is 1.33 bits per heavy atom. The van der Waals surface area contributed by atoms with Gasteiger partial charge in [0.25, 0.3) is 0 Å². The Morgan fingerprint density at radius 3 is 2.94 bits per heavy atom. The van der Waals surface area contributed by atoms with Gasteiger partial charge < -0.3 is 0 Å². The van der Waals surface area contributed by atoms with Crippen LogP contribution in [-0.4, -0.2) is 19.3 Å². The molecule has 0 saturated carbocycles. The molecule has 2 aromatic rings. The van der Waals surface area contributed by atoms with Gasteiger partial charge in [0, 0.05) is 23.6 Å². The number of rotatable bonds is 2. The number of aromatic nitrogens is 4. The maximum atomic E-state index is 12.1. The highest BCUT2D eigenvalue weighted by molar-refractivity contribution is 9.10. The van der Waals surface area contributed by atoms with Gasteiger partial charge in [0.05, 0.1) is 12.2 Å². The summed E-state index contributed by atoms with van der Waals surface area (Å²) in [4.78, 5) is 16.4. The highest BCUT2D eigenvalue weighted by atomic mass is 79.9. The minimum absolute atomic E-state index is 0.0191. The molecule has 0 amide bonds. The molecule has 0 N–H and O–H groups in total. The molecule has 94 valence electrons. The normalized spacial score (nSPS) is 14.5. The molecule has 18 heavy (non-hydrogen) atoms. The van der Waals surface area contributed by atoms with E-state index in [4.69, 9.17) is 0 Å². The lowest BCUT2D eigenvalue weighted by atomic mass is 10.2. The molecule has 0 saturated heterocycles. The predicted molar refractivity (Wildman–Crippen MR) is 70.5 cm³/mol. The van der Waals surface area contributed by atoms with E-state index in [1.165, 1.54) is 4.68 Å². The fourth-order valence-corrected chi connectivity index (χ4v) is 2.44. The number of fused-ring (bicyclic) bond motifs is 1. The van der Waals surface area contributed by atoms with Gasteiger partial charge in [0.1, 0.15) is 5.82 Å². The average Bonchev–Trinajstić information content (AvgIpc) is 2.70. The van der Waals surface area contributed by atoms with Gasteiger partial charge in [-0.1, -0.05) is 0 Å². The van der Waals surface area contributed by atoms with Crippen molar-refractivity contribution in [3.8, 4) is 0 Å². The molecule has 0 bridgehead atoms. The van der Waals surface area contributed by atoms with Gasteiger partial charge in [-0.3, -0.25) is 9.55 Å². The van der Waals surface area contributed by atoms with Crippen LogP contribution in [0, 0.1) is 0 Å². The number of halogens is 1. The molecule has 6 heteroatoms. The van der Waals surface area contributed by atoms with E-state index in [0.29, 0.717) is 6.54 Å². The molecule has 0 fully saturated rings.